The Kier molecular flexibility index (Phi) is 3.45. The number of amides is 2. The number of piperazine rings is 1. The molecule has 3 rings (SSSR count). The minimum atomic E-state index is 0.0919. The highest BCUT2D eigenvalue weighted by Crippen LogP contribution is 2.22. The number of aryl methyl sites for hydroxylation is 1. The first-order valence-corrected chi connectivity index (χ1v) is 7.22. The summed E-state index contributed by atoms with van der Waals surface area (Å²) in [6.45, 7) is 5.20. The van der Waals surface area contributed by atoms with Crippen molar-refractivity contribution in [2.24, 2.45) is 0 Å². The summed E-state index contributed by atoms with van der Waals surface area (Å²) in [6, 6.07) is 6.38. The maximum absolute atomic E-state index is 11.9. The standard InChI is InChI=1S/C15H21N5O/c1-11-16-13-5-4-12(10-14(13)17-11)19-6-8-20(9-7-19)15(21)18(2)3/h4-5,10H,6-9H2,1-3H3,(H,16,17). The topological polar surface area (TPSA) is 55.5 Å². The van der Waals surface area contributed by atoms with Crippen LogP contribution < -0.4 is 4.90 Å². The lowest BCUT2D eigenvalue weighted by Gasteiger charge is -2.37. The van der Waals surface area contributed by atoms with Crippen LogP contribution in [0.25, 0.3) is 11.0 Å². The van der Waals surface area contributed by atoms with Crippen LogP contribution in [0.2, 0.25) is 0 Å². The number of hydrogen-bond acceptors (Lipinski definition) is 3. The average molecular weight is 287 g/mol. The number of imidazole rings is 1. The third kappa shape index (κ3) is 2.66. The van der Waals surface area contributed by atoms with Gasteiger partial charge in [0.2, 0.25) is 0 Å². The fourth-order valence-electron chi connectivity index (χ4n) is 2.76. The Bertz CT molecular complexity index is 655. The second-order valence-corrected chi connectivity index (χ2v) is 5.67. The van der Waals surface area contributed by atoms with Crippen molar-refractivity contribution in [1.29, 1.82) is 0 Å². The lowest BCUT2D eigenvalue weighted by atomic mass is 10.2. The number of H-pyrrole nitrogens is 1. The Morgan fingerprint density at radius 3 is 2.62 bits per heavy atom. The molecule has 0 saturated carbocycles. The summed E-state index contributed by atoms with van der Waals surface area (Å²) in [4.78, 5) is 25.5. The van der Waals surface area contributed by atoms with Crippen molar-refractivity contribution in [3.8, 4) is 0 Å². The molecular weight excluding hydrogens is 266 g/mol. The van der Waals surface area contributed by atoms with Gasteiger partial charge in [0, 0.05) is 46.0 Å². The highest BCUT2D eigenvalue weighted by molar-refractivity contribution is 5.80. The maximum Gasteiger partial charge on any atom is 0.319 e. The number of rotatable bonds is 1. The van der Waals surface area contributed by atoms with Crippen LogP contribution in [0.5, 0.6) is 0 Å². The maximum atomic E-state index is 11.9. The largest absolute Gasteiger partial charge is 0.368 e. The predicted octanol–water partition coefficient (Wildman–Crippen LogP) is 1.67. The first-order chi connectivity index (χ1) is 10.0. The molecule has 6 heteroatoms. The van der Waals surface area contributed by atoms with Gasteiger partial charge in [-0.15, -0.1) is 0 Å². The smallest absolute Gasteiger partial charge is 0.319 e. The van der Waals surface area contributed by atoms with E-state index in [1.54, 1.807) is 19.0 Å². The summed E-state index contributed by atoms with van der Waals surface area (Å²) in [7, 11) is 3.59. The molecule has 1 aromatic carbocycles. The van der Waals surface area contributed by atoms with Crippen molar-refractivity contribution >= 4 is 22.8 Å². The second-order valence-electron chi connectivity index (χ2n) is 5.67. The summed E-state index contributed by atoms with van der Waals surface area (Å²) >= 11 is 0. The molecule has 1 aromatic heterocycles. The molecule has 1 aliphatic rings. The number of aromatic nitrogens is 2. The van der Waals surface area contributed by atoms with Gasteiger partial charge in [0.25, 0.3) is 0 Å². The van der Waals surface area contributed by atoms with Gasteiger partial charge in [0.05, 0.1) is 11.0 Å². The first-order valence-electron chi connectivity index (χ1n) is 7.22. The number of nitrogens with one attached hydrogen (secondary N) is 1. The van der Waals surface area contributed by atoms with Gasteiger partial charge in [0.15, 0.2) is 0 Å². The summed E-state index contributed by atoms with van der Waals surface area (Å²) < 4.78 is 0. The summed E-state index contributed by atoms with van der Waals surface area (Å²) in [5.41, 5.74) is 3.25. The van der Waals surface area contributed by atoms with Crippen molar-refractivity contribution in [2.75, 3.05) is 45.2 Å². The van der Waals surface area contributed by atoms with E-state index in [4.69, 9.17) is 0 Å². The first kappa shape index (κ1) is 13.7. The summed E-state index contributed by atoms with van der Waals surface area (Å²) in [5.74, 6) is 0.934. The van der Waals surface area contributed by atoms with Gasteiger partial charge in [-0.1, -0.05) is 0 Å². The predicted molar refractivity (Wildman–Crippen MR) is 83.7 cm³/mol. The summed E-state index contributed by atoms with van der Waals surface area (Å²) in [5, 5.41) is 0. The SMILES string of the molecule is Cc1nc2ccc(N3CCN(C(=O)N(C)C)CC3)cc2[nH]1. The zero-order chi connectivity index (χ0) is 15.0. The number of carbonyl (C=O) groups is 1. The molecule has 0 bridgehead atoms. The molecule has 0 aliphatic carbocycles. The van der Waals surface area contributed by atoms with E-state index in [0.29, 0.717) is 0 Å². The number of aromatic amines is 1. The Hall–Kier alpha value is -2.24. The molecule has 0 atom stereocenters. The molecule has 112 valence electrons. The number of hydrogen-bond donors (Lipinski definition) is 1. The van der Waals surface area contributed by atoms with E-state index in [1.165, 1.54) is 5.69 Å². The van der Waals surface area contributed by atoms with Crippen LogP contribution in [-0.2, 0) is 0 Å². The Morgan fingerprint density at radius 2 is 1.95 bits per heavy atom. The van der Waals surface area contributed by atoms with Gasteiger partial charge in [0.1, 0.15) is 5.82 Å². The minimum absolute atomic E-state index is 0.0919. The molecule has 1 saturated heterocycles. The lowest BCUT2D eigenvalue weighted by Crippen LogP contribution is -2.51. The summed E-state index contributed by atoms with van der Waals surface area (Å²) in [6.07, 6.45) is 0. The van der Waals surface area contributed by atoms with Gasteiger partial charge in [-0.3, -0.25) is 0 Å². The van der Waals surface area contributed by atoms with Crippen LogP contribution in [-0.4, -0.2) is 66.1 Å². The van der Waals surface area contributed by atoms with E-state index in [-0.39, 0.29) is 6.03 Å². The molecular formula is C15H21N5O. The Labute approximate surface area is 124 Å². The number of carbonyl (C=O) groups excluding carboxylic acids is 1. The monoisotopic (exact) mass is 287 g/mol. The van der Waals surface area contributed by atoms with Gasteiger partial charge < -0.3 is 19.7 Å². The molecule has 0 radical (unpaired) electrons. The third-order valence-corrected chi connectivity index (χ3v) is 3.88. The van der Waals surface area contributed by atoms with E-state index in [0.717, 1.165) is 43.0 Å². The van der Waals surface area contributed by atoms with Gasteiger partial charge in [-0.25, -0.2) is 9.78 Å². The Morgan fingerprint density at radius 1 is 1.24 bits per heavy atom. The normalized spacial score (nSPS) is 15.6. The van der Waals surface area contributed by atoms with Gasteiger partial charge >= 0.3 is 6.03 Å². The highest BCUT2D eigenvalue weighted by atomic mass is 16.2. The quantitative estimate of drug-likeness (QED) is 0.868. The molecule has 1 aliphatic heterocycles. The number of fused-ring (bicyclic) bond motifs is 1. The number of urea groups is 1. The van der Waals surface area contributed by atoms with E-state index < -0.39 is 0 Å². The van der Waals surface area contributed by atoms with Crippen LogP contribution in [0.4, 0.5) is 10.5 Å². The van der Waals surface area contributed by atoms with E-state index >= 15 is 0 Å². The van der Waals surface area contributed by atoms with E-state index in [9.17, 15) is 4.79 Å². The van der Waals surface area contributed by atoms with Crippen LogP contribution in [0.15, 0.2) is 18.2 Å². The average Bonchev–Trinajstić information content (AvgIpc) is 2.85. The van der Waals surface area contributed by atoms with Crippen LogP contribution in [0.1, 0.15) is 5.82 Å². The van der Waals surface area contributed by atoms with Crippen LogP contribution in [0, 0.1) is 6.92 Å². The minimum Gasteiger partial charge on any atom is -0.368 e. The van der Waals surface area contributed by atoms with Crippen molar-refractivity contribution in [2.45, 2.75) is 6.92 Å². The third-order valence-electron chi connectivity index (χ3n) is 3.88. The van der Waals surface area contributed by atoms with Crippen molar-refractivity contribution in [3.63, 3.8) is 0 Å². The second kappa shape index (κ2) is 5.27. The van der Waals surface area contributed by atoms with Crippen LogP contribution in [0.3, 0.4) is 0 Å². The van der Waals surface area contributed by atoms with Gasteiger partial charge in [-0.05, 0) is 25.1 Å². The molecule has 1 fully saturated rings. The fraction of sp³-hybridized carbons (Fsp3) is 0.467. The number of benzene rings is 1. The zero-order valence-electron chi connectivity index (χ0n) is 12.8. The Balaban J connectivity index is 1.72. The van der Waals surface area contributed by atoms with E-state index in [1.807, 2.05) is 17.9 Å². The van der Waals surface area contributed by atoms with Gasteiger partial charge in [-0.2, -0.15) is 0 Å². The fourth-order valence-corrected chi connectivity index (χ4v) is 2.76. The van der Waals surface area contributed by atoms with Crippen molar-refractivity contribution in [3.05, 3.63) is 24.0 Å². The molecule has 2 heterocycles. The number of anilines is 1. The lowest BCUT2D eigenvalue weighted by molar-refractivity contribution is 0.168. The van der Waals surface area contributed by atoms with E-state index in [2.05, 4.69) is 27.0 Å². The molecule has 6 nitrogen and oxygen atoms in total. The molecule has 0 unspecified atom stereocenters. The molecule has 2 aromatic rings. The molecule has 2 amide bonds. The van der Waals surface area contributed by atoms with Crippen molar-refractivity contribution < 1.29 is 4.79 Å². The molecule has 21 heavy (non-hydrogen) atoms. The number of nitrogens with zero attached hydrogens (tertiary/aromatic N) is 4. The molecule has 0 spiro atoms. The molecule has 1 N–H and O–H groups in total. The highest BCUT2D eigenvalue weighted by Gasteiger charge is 2.22. The van der Waals surface area contributed by atoms with Crippen molar-refractivity contribution in [1.82, 2.24) is 19.8 Å². The van der Waals surface area contributed by atoms with Crippen LogP contribution >= 0.6 is 0 Å². The zero-order valence-corrected chi connectivity index (χ0v) is 12.8.